The van der Waals surface area contributed by atoms with Crippen LogP contribution in [-0.4, -0.2) is 32.2 Å². The second-order valence-electron chi connectivity index (χ2n) is 6.73. The van der Waals surface area contributed by atoms with Crippen LogP contribution in [0.1, 0.15) is 30.9 Å². The SMILES string of the molecule is CCn1c(Cc2ccnn2-c2cccc(Cl)c2)nc2cc(/C(C)=N/OC)ccc21. The molecule has 0 radical (unpaired) electrons. The van der Waals surface area contributed by atoms with Crippen LogP contribution in [0.5, 0.6) is 0 Å². The number of benzene rings is 2. The molecule has 0 saturated heterocycles. The minimum atomic E-state index is 0.662. The summed E-state index contributed by atoms with van der Waals surface area (Å²) in [6.45, 7) is 4.89. The van der Waals surface area contributed by atoms with Crippen molar-refractivity contribution in [2.45, 2.75) is 26.8 Å². The van der Waals surface area contributed by atoms with Crippen molar-refractivity contribution in [3.8, 4) is 5.69 Å². The van der Waals surface area contributed by atoms with Crippen molar-refractivity contribution >= 4 is 28.3 Å². The van der Waals surface area contributed by atoms with Crippen molar-refractivity contribution in [2.75, 3.05) is 7.11 Å². The monoisotopic (exact) mass is 407 g/mol. The summed E-state index contributed by atoms with van der Waals surface area (Å²) in [5.41, 5.74) is 5.85. The van der Waals surface area contributed by atoms with Crippen molar-refractivity contribution in [2.24, 2.45) is 5.16 Å². The summed E-state index contributed by atoms with van der Waals surface area (Å²) in [6.07, 6.45) is 2.47. The number of imidazole rings is 1. The van der Waals surface area contributed by atoms with Gasteiger partial charge in [0.2, 0.25) is 0 Å². The summed E-state index contributed by atoms with van der Waals surface area (Å²) in [6, 6.07) is 15.9. The van der Waals surface area contributed by atoms with Crippen LogP contribution < -0.4 is 0 Å². The first-order valence-corrected chi connectivity index (χ1v) is 9.84. The summed E-state index contributed by atoms with van der Waals surface area (Å²) in [4.78, 5) is 9.81. The summed E-state index contributed by atoms with van der Waals surface area (Å²) in [7, 11) is 1.55. The predicted molar refractivity (Wildman–Crippen MR) is 116 cm³/mol. The molecule has 6 nitrogen and oxygen atoms in total. The molecule has 4 rings (SSSR count). The van der Waals surface area contributed by atoms with Crippen LogP contribution in [0.4, 0.5) is 0 Å². The first kappa shape index (κ1) is 19.2. The molecule has 0 aliphatic carbocycles. The first-order valence-electron chi connectivity index (χ1n) is 9.47. The first-order chi connectivity index (χ1) is 14.1. The molecule has 0 amide bonds. The number of aryl methyl sites for hydroxylation is 1. The standard InChI is InChI=1S/C22H22ClN5O/c1-4-27-21-9-8-16(15(2)26-29-3)12-20(21)25-22(27)14-19-10-11-24-28(19)18-7-5-6-17(23)13-18/h5-13H,4,14H2,1-3H3/b26-15+. The van der Waals surface area contributed by atoms with Crippen molar-refractivity contribution in [1.82, 2.24) is 19.3 Å². The fraction of sp³-hybridized carbons (Fsp3) is 0.227. The normalized spacial score (nSPS) is 11.9. The van der Waals surface area contributed by atoms with Crippen LogP contribution in [0.3, 0.4) is 0 Å². The van der Waals surface area contributed by atoms with Crippen LogP contribution in [0.2, 0.25) is 5.02 Å². The Labute approximate surface area is 174 Å². The lowest BCUT2D eigenvalue weighted by atomic mass is 10.1. The molecule has 29 heavy (non-hydrogen) atoms. The van der Waals surface area contributed by atoms with E-state index in [1.165, 1.54) is 0 Å². The highest BCUT2D eigenvalue weighted by Gasteiger charge is 2.14. The van der Waals surface area contributed by atoms with Gasteiger partial charge >= 0.3 is 0 Å². The molecule has 0 spiro atoms. The van der Waals surface area contributed by atoms with E-state index in [0.29, 0.717) is 11.4 Å². The number of oxime groups is 1. The van der Waals surface area contributed by atoms with Crippen LogP contribution >= 0.6 is 11.6 Å². The van der Waals surface area contributed by atoms with Gasteiger partial charge in [0.15, 0.2) is 0 Å². The summed E-state index contributed by atoms with van der Waals surface area (Å²) in [5.74, 6) is 0.991. The van der Waals surface area contributed by atoms with E-state index in [1.54, 1.807) is 13.3 Å². The molecule has 0 aliphatic rings. The van der Waals surface area contributed by atoms with Crippen LogP contribution in [-0.2, 0) is 17.8 Å². The van der Waals surface area contributed by atoms with Gasteiger partial charge in [-0.2, -0.15) is 5.10 Å². The van der Waals surface area contributed by atoms with Crippen molar-refractivity contribution < 1.29 is 4.84 Å². The molecule has 2 heterocycles. The highest BCUT2D eigenvalue weighted by molar-refractivity contribution is 6.30. The number of hydrogen-bond acceptors (Lipinski definition) is 4. The molecule has 2 aromatic heterocycles. The van der Waals surface area contributed by atoms with Crippen LogP contribution in [0.25, 0.3) is 16.7 Å². The Bertz CT molecular complexity index is 1190. The van der Waals surface area contributed by atoms with Crippen LogP contribution in [0, 0.1) is 0 Å². The molecule has 0 atom stereocenters. The third-order valence-corrected chi connectivity index (χ3v) is 5.14. The fourth-order valence-electron chi connectivity index (χ4n) is 3.55. The fourth-order valence-corrected chi connectivity index (χ4v) is 3.73. The molecule has 0 unspecified atom stereocenters. The molecular weight excluding hydrogens is 386 g/mol. The predicted octanol–water partition coefficient (Wildman–Crippen LogP) is 4.86. The van der Waals surface area contributed by atoms with E-state index in [0.717, 1.165) is 46.1 Å². The molecule has 2 aromatic carbocycles. The van der Waals surface area contributed by atoms with Gasteiger partial charge in [0.05, 0.1) is 28.1 Å². The Morgan fingerprint density at radius 1 is 1.17 bits per heavy atom. The van der Waals surface area contributed by atoms with Gasteiger partial charge < -0.3 is 9.40 Å². The topological polar surface area (TPSA) is 57.2 Å². The Kier molecular flexibility index (Phi) is 5.36. The van der Waals surface area contributed by atoms with Gasteiger partial charge in [0.1, 0.15) is 12.9 Å². The molecule has 0 N–H and O–H groups in total. The summed E-state index contributed by atoms with van der Waals surface area (Å²) >= 11 is 6.16. The van der Waals surface area contributed by atoms with Gasteiger partial charge in [-0.05, 0) is 50.2 Å². The molecule has 0 bridgehead atoms. The van der Waals surface area contributed by atoms with E-state index in [-0.39, 0.29) is 0 Å². The molecule has 0 fully saturated rings. The second-order valence-corrected chi connectivity index (χ2v) is 7.16. The lowest BCUT2D eigenvalue weighted by Gasteiger charge is -2.09. The molecule has 4 aromatic rings. The van der Waals surface area contributed by atoms with Gasteiger partial charge in [-0.3, -0.25) is 0 Å². The molecule has 0 saturated carbocycles. The summed E-state index contributed by atoms with van der Waals surface area (Å²) in [5, 5.41) is 9.19. The van der Waals surface area contributed by atoms with Crippen LogP contribution in [0.15, 0.2) is 59.9 Å². The van der Waals surface area contributed by atoms with Gasteiger partial charge in [-0.15, -0.1) is 0 Å². The van der Waals surface area contributed by atoms with Crippen molar-refractivity contribution in [3.63, 3.8) is 0 Å². The van der Waals surface area contributed by atoms with E-state index in [4.69, 9.17) is 21.4 Å². The van der Waals surface area contributed by atoms with Gasteiger partial charge in [0, 0.05) is 29.7 Å². The largest absolute Gasteiger partial charge is 0.399 e. The molecule has 148 valence electrons. The van der Waals surface area contributed by atoms with E-state index in [1.807, 2.05) is 48.0 Å². The molecular formula is C22H22ClN5O. The average molecular weight is 408 g/mol. The number of nitrogens with zero attached hydrogens (tertiary/aromatic N) is 5. The number of aromatic nitrogens is 4. The number of rotatable bonds is 6. The van der Waals surface area contributed by atoms with Gasteiger partial charge in [-0.1, -0.05) is 28.9 Å². The highest BCUT2D eigenvalue weighted by Crippen LogP contribution is 2.22. The second kappa shape index (κ2) is 8.09. The zero-order chi connectivity index (χ0) is 20.4. The van der Waals surface area contributed by atoms with Crippen molar-refractivity contribution in [1.29, 1.82) is 0 Å². The number of halogens is 1. The van der Waals surface area contributed by atoms with E-state index >= 15 is 0 Å². The van der Waals surface area contributed by atoms with Gasteiger partial charge in [-0.25, -0.2) is 9.67 Å². The maximum absolute atomic E-state index is 6.16. The lowest BCUT2D eigenvalue weighted by Crippen LogP contribution is -2.07. The molecule has 0 aliphatic heterocycles. The zero-order valence-corrected chi connectivity index (χ0v) is 17.4. The molecule has 7 heteroatoms. The Hall–Kier alpha value is -3.12. The Morgan fingerprint density at radius 2 is 2.03 bits per heavy atom. The smallest absolute Gasteiger partial charge is 0.115 e. The third-order valence-electron chi connectivity index (χ3n) is 4.90. The minimum Gasteiger partial charge on any atom is -0.399 e. The summed E-state index contributed by atoms with van der Waals surface area (Å²) < 4.78 is 4.14. The minimum absolute atomic E-state index is 0.662. The number of fused-ring (bicyclic) bond motifs is 1. The quantitative estimate of drug-likeness (QED) is 0.339. The maximum Gasteiger partial charge on any atom is 0.115 e. The van der Waals surface area contributed by atoms with E-state index in [2.05, 4.69) is 33.9 Å². The number of hydrogen-bond donors (Lipinski definition) is 0. The maximum atomic E-state index is 6.16. The van der Waals surface area contributed by atoms with Crippen molar-refractivity contribution in [3.05, 3.63) is 76.8 Å². The van der Waals surface area contributed by atoms with E-state index in [9.17, 15) is 0 Å². The Morgan fingerprint density at radius 3 is 2.79 bits per heavy atom. The highest BCUT2D eigenvalue weighted by atomic mass is 35.5. The van der Waals surface area contributed by atoms with Gasteiger partial charge in [0.25, 0.3) is 0 Å². The lowest BCUT2D eigenvalue weighted by molar-refractivity contribution is 0.213. The zero-order valence-electron chi connectivity index (χ0n) is 16.6. The van der Waals surface area contributed by atoms with E-state index < -0.39 is 0 Å². The Balaban J connectivity index is 1.74. The average Bonchev–Trinajstić information content (AvgIpc) is 3.31. The third kappa shape index (κ3) is 3.76.